The number of esters is 1. The highest BCUT2D eigenvalue weighted by atomic mass is 16.6. The standard InChI is InChI=1S/C51H79NO13/c1-30-16-12-11-13-17-31(2)42(61-8)28-38-21-19-36(7)51(60,65-38)48(57)49(58)52-23-15-14-18-39(52)50(59)64-43(33(4)26-37-20-22-40(53)44(27-37)62-9)29-41(54)32(3)25-35(6)46(56)47(63-10)45(55)34(5)24-30/h11-13,16-17,25,30,33-40,42-44,46-47,53,56,60H,14-15,18-24,26-29H2,1-10H3/t30-,33-,34?,35?,36-,37?,38+,39+,40-,42+,43?,44?,46-,47?,51-/m1/s1. The Morgan fingerprint density at radius 3 is 2.26 bits per heavy atom. The van der Waals surface area contributed by atoms with Crippen molar-refractivity contribution in [3.63, 3.8) is 0 Å². The number of nitrogens with zero attached hydrogens (tertiary/aromatic N) is 1. The van der Waals surface area contributed by atoms with Crippen molar-refractivity contribution in [2.24, 2.45) is 35.5 Å². The number of aliphatic hydroxyl groups is 3. The van der Waals surface area contributed by atoms with Gasteiger partial charge < -0.3 is 43.9 Å². The molecule has 1 saturated carbocycles. The number of carbonyl (C=O) groups is 5. The highest BCUT2D eigenvalue weighted by molar-refractivity contribution is 6.39. The summed E-state index contributed by atoms with van der Waals surface area (Å²) >= 11 is 0. The van der Waals surface area contributed by atoms with Gasteiger partial charge in [0.15, 0.2) is 11.6 Å². The van der Waals surface area contributed by atoms with Crippen LogP contribution in [0.1, 0.15) is 126 Å². The van der Waals surface area contributed by atoms with Crippen molar-refractivity contribution < 1.29 is 63.0 Å². The monoisotopic (exact) mass is 914 g/mol. The molecule has 2 saturated heterocycles. The van der Waals surface area contributed by atoms with Crippen molar-refractivity contribution in [3.8, 4) is 0 Å². The van der Waals surface area contributed by atoms with Crippen LogP contribution < -0.4 is 0 Å². The zero-order valence-corrected chi connectivity index (χ0v) is 40.6. The molecule has 366 valence electrons. The third kappa shape index (κ3) is 14.3. The summed E-state index contributed by atoms with van der Waals surface area (Å²) in [5.74, 6) is -7.93. The van der Waals surface area contributed by atoms with E-state index in [1.165, 1.54) is 12.0 Å². The normalized spacial score (nSPS) is 37.8. The van der Waals surface area contributed by atoms with Crippen molar-refractivity contribution in [1.82, 2.24) is 4.90 Å². The first-order valence-corrected chi connectivity index (χ1v) is 23.9. The molecule has 6 unspecified atom stereocenters. The van der Waals surface area contributed by atoms with Crippen LogP contribution >= 0.6 is 0 Å². The fourth-order valence-corrected chi connectivity index (χ4v) is 10.1. The molecule has 65 heavy (non-hydrogen) atoms. The van der Waals surface area contributed by atoms with E-state index in [1.54, 1.807) is 41.1 Å². The van der Waals surface area contributed by atoms with Gasteiger partial charge in [-0.05, 0) is 107 Å². The summed E-state index contributed by atoms with van der Waals surface area (Å²) in [4.78, 5) is 71.7. The van der Waals surface area contributed by atoms with Crippen LogP contribution in [0.25, 0.3) is 0 Å². The summed E-state index contributed by atoms with van der Waals surface area (Å²) in [5.41, 5.74) is 1.19. The van der Waals surface area contributed by atoms with Gasteiger partial charge >= 0.3 is 5.97 Å². The lowest BCUT2D eigenvalue weighted by molar-refractivity contribution is -0.265. The minimum atomic E-state index is -2.43. The predicted molar refractivity (Wildman–Crippen MR) is 245 cm³/mol. The zero-order valence-electron chi connectivity index (χ0n) is 40.6. The van der Waals surface area contributed by atoms with Crippen molar-refractivity contribution in [2.75, 3.05) is 27.9 Å². The van der Waals surface area contributed by atoms with Gasteiger partial charge in [-0.1, -0.05) is 71.1 Å². The van der Waals surface area contributed by atoms with Crippen LogP contribution in [0.3, 0.4) is 0 Å². The number of hydrogen-bond donors (Lipinski definition) is 3. The Morgan fingerprint density at radius 2 is 1.58 bits per heavy atom. The molecule has 1 amide bonds. The zero-order chi connectivity index (χ0) is 48.2. The van der Waals surface area contributed by atoms with E-state index in [9.17, 15) is 39.3 Å². The number of aliphatic hydroxyl groups excluding tert-OH is 2. The van der Waals surface area contributed by atoms with Gasteiger partial charge in [0, 0.05) is 58.5 Å². The molecule has 1 aliphatic carbocycles. The summed E-state index contributed by atoms with van der Waals surface area (Å²) < 4.78 is 29.4. The second kappa shape index (κ2) is 25.1. The molecule has 2 bridgehead atoms. The number of rotatable bonds is 6. The smallest absolute Gasteiger partial charge is 0.329 e. The van der Waals surface area contributed by atoms with Gasteiger partial charge in [-0.2, -0.15) is 0 Å². The number of cyclic esters (lactones) is 1. The molecule has 0 radical (unpaired) electrons. The number of amides is 1. The topological polar surface area (TPSA) is 195 Å². The number of piperidine rings is 1. The molecule has 3 aliphatic heterocycles. The lowest BCUT2D eigenvalue weighted by Crippen LogP contribution is -2.61. The Balaban J connectivity index is 1.70. The van der Waals surface area contributed by atoms with Gasteiger partial charge in [-0.15, -0.1) is 0 Å². The van der Waals surface area contributed by atoms with Crippen molar-refractivity contribution in [1.29, 1.82) is 0 Å². The Labute approximate surface area is 387 Å². The average molecular weight is 914 g/mol. The highest BCUT2D eigenvalue weighted by Crippen LogP contribution is 2.38. The van der Waals surface area contributed by atoms with Gasteiger partial charge in [-0.3, -0.25) is 19.2 Å². The molecule has 4 rings (SSSR count). The minimum Gasteiger partial charge on any atom is -0.460 e. The molecule has 3 fully saturated rings. The molecular weight excluding hydrogens is 835 g/mol. The maximum atomic E-state index is 14.4. The van der Waals surface area contributed by atoms with Crippen LogP contribution in [0.5, 0.6) is 0 Å². The van der Waals surface area contributed by atoms with Crippen LogP contribution in [0.2, 0.25) is 0 Å². The first-order chi connectivity index (χ1) is 30.7. The van der Waals surface area contributed by atoms with E-state index in [4.69, 9.17) is 23.7 Å². The summed E-state index contributed by atoms with van der Waals surface area (Å²) in [6.45, 7) is 12.7. The second-order valence-corrected chi connectivity index (χ2v) is 19.6. The molecule has 0 aromatic heterocycles. The lowest BCUT2D eigenvalue weighted by Gasteiger charge is -2.42. The number of hydrogen-bond acceptors (Lipinski definition) is 13. The largest absolute Gasteiger partial charge is 0.460 e. The first kappa shape index (κ1) is 54.2. The van der Waals surface area contributed by atoms with E-state index < -0.39 is 83.9 Å². The maximum Gasteiger partial charge on any atom is 0.329 e. The molecule has 0 aromatic rings. The SMILES string of the molecule is COC1C(=O)C(C)C[C@H](C)C=CC=CC=C(C)[C@@H](OC)C[C@@H]2CC[C@@H](C)[C@@](O)(O2)C(=O)C(=O)N2CCCC[C@H]2C(=O)OC([C@H](C)CC2CC[C@@H](O)C(OC)C2)CC(=O)C(C)=CC(C)[C@H]1O. The molecule has 3 heterocycles. The quantitative estimate of drug-likeness (QED) is 0.202. The maximum absolute atomic E-state index is 14.4. The Bertz CT molecular complexity index is 1760. The van der Waals surface area contributed by atoms with E-state index in [0.29, 0.717) is 63.4 Å². The van der Waals surface area contributed by atoms with E-state index >= 15 is 0 Å². The van der Waals surface area contributed by atoms with Crippen LogP contribution in [0.15, 0.2) is 47.6 Å². The Morgan fingerprint density at radius 1 is 0.862 bits per heavy atom. The van der Waals surface area contributed by atoms with Gasteiger partial charge in [0.2, 0.25) is 5.79 Å². The van der Waals surface area contributed by atoms with Gasteiger partial charge in [0.25, 0.3) is 11.7 Å². The summed E-state index contributed by atoms with van der Waals surface area (Å²) in [5, 5.41) is 33.9. The van der Waals surface area contributed by atoms with Crippen molar-refractivity contribution in [2.45, 2.75) is 180 Å². The number of fused-ring (bicyclic) bond motifs is 3. The Kier molecular flexibility index (Phi) is 21.0. The van der Waals surface area contributed by atoms with Crippen molar-refractivity contribution >= 4 is 29.2 Å². The summed E-state index contributed by atoms with van der Waals surface area (Å²) in [7, 11) is 4.53. The van der Waals surface area contributed by atoms with Crippen LogP contribution in [-0.2, 0) is 47.7 Å². The van der Waals surface area contributed by atoms with E-state index in [2.05, 4.69) is 0 Å². The molecule has 4 aliphatic rings. The fraction of sp³-hybridized carbons (Fsp3) is 0.745. The number of methoxy groups -OCH3 is 3. The molecule has 14 heteroatoms. The molecular formula is C51H79NO13. The van der Waals surface area contributed by atoms with Crippen LogP contribution in [0, 0.1) is 35.5 Å². The Hall–Kier alpha value is -3.37. The van der Waals surface area contributed by atoms with Gasteiger partial charge in [-0.25, -0.2) is 4.79 Å². The number of Topliss-reactive ketones (excluding diaryl/α,β-unsaturated/α-hetero) is 3. The first-order valence-electron chi connectivity index (χ1n) is 23.9. The van der Waals surface area contributed by atoms with Crippen LogP contribution in [-0.4, -0.2) is 132 Å². The number of allylic oxidation sites excluding steroid dienone is 6. The minimum absolute atomic E-state index is 0.0220. The summed E-state index contributed by atoms with van der Waals surface area (Å²) in [6.07, 6.45) is 11.2. The van der Waals surface area contributed by atoms with E-state index in [-0.39, 0.29) is 54.8 Å². The van der Waals surface area contributed by atoms with Crippen LogP contribution in [0.4, 0.5) is 0 Å². The third-order valence-corrected chi connectivity index (χ3v) is 14.5. The molecule has 3 N–H and O–H groups in total. The van der Waals surface area contributed by atoms with Crippen molar-refractivity contribution in [3.05, 3.63) is 47.6 Å². The van der Waals surface area contributed by atoms with E-state index in [1.807, 2.05) is 58.1 Å². The molecule has 15 atom stereocenters. The van der Waals surface area contributed by atoms with E-state index in [0.717, 1.165) is 12.0 Å². The van der Waals surface area contributed by atoms with Gasteiger partial charge in [0.1, 0.15) is 18.2 Å². The predicted octanol–water partition coefficient (Wildman–Crippen LogP) is 6.18. The third-order valence-electron chi connectivity index (χ3n) is 14.5. The molecule has 0 aromatic carbocycles. The lowest BCUT2D eigenvalue weighted by atomic mass is 9.78. The molecule has 14 nitrogen and oxygen atoms in total. The number of ether oxygens (including phenoxy) is 5. The molecule has 0 spiro atoms. The summed E-state index contributed by atoms with van der Waals surface area (Å²) in [6, 6.07) is -1.14. The average Bonchev–Trinajstić information content (AvgIpc) is 3.28. The number of carbonyl (C=O) groups excluding carboxylic acids is 5. The number of ketones is 3. The fourth-order valence-electron chi connectivity index (χ4n) is 10.1. The second-order valence-electron chi connectivity index (χ2n) is 19.6. The van der Waals surface area contributed by atoms with Gasteiger partial charge in [0.05, 0.1) is 30.5 Å². The highest BCUT2D eigenvalue weighted by Gasteiger charge is 2.53.